The van der Waals surface area contributed by atoms with Crippen molar-refractivity contribution in [3.05, 3.63) is 95.5 Å². The average Bonchev–Trinajstić information content (AvgIpc) is 3.94. The number of fused-ring (bicyclic) bond motifs is 5. The number of carbonyl (C=O) groups excluding carboxylic acids is 2. The van der Waals surface area contributed by atoms with Crippen LogP contribution in [0.4, 0.5) is 46.2 Å². The van der Waals surface area contributed by atoms with Crippen LogP contribution >= 0.6 is 0 Å². The second-order valence-corrected chi connectivity index (χ2v) is 20.1. The molecule has 0 fully saturated rings. The fourth-order valence-electron chi connectivity index (χ4n) is 9.58. The van der Waals surface area contributed by atoms with Crippen LogP contribution in [0, 0.1) is 0 Å². The van der Waals surface area contributed by atoms with E-state index in [0.29, 0.717) is 35.9 Å². The number of nitrogens with one attached hydrogen (secondary N) is 2. The molecule has 0 bridgehead atoms. The zero-order valence-corrected chi connectivity index (χ0v) is 49.5. The van der Waals surface area contributed by atoms with E-state index < -0.39 is 0 Å². The number of anilines is 8. The first-order valence-corrected chi connectivity index (χ1v) is 29.9. The lowest BCUT2D eigenvalue weighted by atomic mass is 10.0. The molecule has 0 saturated heterocycles. The van der Waals surface area contributed by atoms with Crippen molar-refractivity contribution in [3.63, 3.8) is 0 Å². The Hall–Kier alpha value is -6.18. The molecule has 0 unspecified atom stereocenters. The van der Waals surface area contributed by atoms with Crippen molar-refractivity contribution in [2.24, 2.45) is 0 Å². The SMILES string of the molecule is CCCCCCCC.CCCCCCCCCCCCCCCC.CCc1cnc2c(c1)C(=O)N(C)c1cccnc1N2CC.CCc1cnc2c(c1)C(=O)N(C)c1cccnc1N2CC.CCc1ncnc2c1NCN2. The van der Waals surface area contributed by atoms with Gasteiger partial charge in [0.1, 0.15) is 23.7 Å². The molecule has 0 aromatic carbocycles. The molecule has 422 valence electrons. The molecule has 2 amide bonds. The first-order chi connectivity index (χ1) is 37.6. The van der Waals surface area contributed by atoms with Crippen LogP contribution in [0.25, 0.3) is 0 Å². The third kappa shape index (κ3) is 19.1. The molecule has 0 radical (unpaired) electrons. The van der Waals surface area contributed by atoms with Crippen LogP contribution < -0.4 is 30.2 Å². The molecule has 0 atom stereocenters. The Morgan fingerprint density at radius 2 is 0.844 bits per heavy atom. The standard InChI is InChI=1S/2C16H18N4O.C16H34.C8H18.C7H10N4/c2*1-4-11-9-12-14(18-10-11)20(5-2)15-13(7-6-8-17-15)19(3)16(12)21;1-3-5-7-9-11-13-15-16-14-12-10-8-6-4-2;1-3-5-7-8-6-4-2;1-2-5-6-7(10-3-8-5)11-4-9-6/h2*6-10H,4-5H2,1-3H3;3-16H2,1-2H3;3-8H2,1-2H3;3,9H,2,4H2,1H3,(H,8,10,11). The molecule has 5 aromatic rings. The molecule has 3 aliphatic rings. The number of nitrogens with zero attached hydrogens (tertiary/aromatic N) is 10. The second kappa shape index (κ2) is 36.0. The van der Waals surface area contributed by atoms with Gasteiger partial charge in [0.2, 0.25) is 0 Å². The molecule has 8 heterocycles. The lowest BCUT2D eigenvalue weighted by molar-refractivity contribution is 0.0986. The van der Waals surface area contributed by atoms with Crippen molar-refractivity contribution >= 4 is 58.0 Å². The van der Waals surface area contributed by atoms with Gasteiger partial charge in [-0.3, -0.25) is 9.59 Å². The van der Waals surface area contributed by atoms with Gasteiger partial charge in [-0.05, 0) is 80.6 Å². The Morgan fingerprint density at radius 3 is 1.19 bits per heavy atom. The van der Waals surface area contributed by atoms with E-state index >= 15 is 0 Å². The van der Waals surface area contributed by atoms with E-state index in [0.717, 1.165) is 77.3 Å². The zero-order valence-electron chi connectivity index (χ0n) is 49.5. The van der Waals surface area contributed by atoms with E-state index in [1.807, 2.05) is 72.4 Å². The lowest BCUT2D eigenvalue weighted by Crippen LogP contribution is -2.25. The van der Waals surface area contributed by atoms with Crippen LogP contribution in [0.3, 0.4) is 0 Å². The molecule has 77 heavy (non-hydrogen) atoms. The summed E-state index contributed by atoms with van der Waals surface area (Å²) in [5, 5.41) is 6.30. The maximum atomic E-state index is 12.8. The molecule has 14 nitrogen and oxygen atoms in total. The van der Waals surface area contributed by atoms with Gasteiger partial charge in [-0.2, -0.15) is 0 Å². The summed E-state index contributed by atoms with van der Waals surface area (Å²) in [5.41, 5.74) is 7.15. The Kier molecular flexibility index (Phi) is 29.6. The molecular weight excluding hydrogens is 957 g/mol. The highest BCUT2D eigenvalue weighted by Gasteiger charge is 2.32. The highest BCUT2D eigenvalue weighted by molar-refractivity contribution is 6.13. The minimum atomic E-state index is -0.0435. The van der Waals surface area contributed by atoms with Gasteiger partial charge in [-0.15, -0.1) is 0 Å². The molecule has 5 aromatic heterocycles. The summed E-state index contributed by atoms with van der Waals surface area (Å²) in [6.45, 7) is 21.5. The average molecular weight is 1060 g/mol. The maximum Gasteiger partial charge on any atom is 0.261 e. The molecule has 0 saturated carbocycles. The topological polar surface area (TPSA) is 148 Å². The predicted molar refractivity (Wildman–Crippen MR) is 325 cm³/mol. The van der Waals surface area contributed by atoms with Gasteiger partial charge in [0.15, 0.2) is 17.5 Å². The number of unbranched alkanes of at least 4 members (excludes halogenated alkanes) is 18. The van der Waals surface area contributed by atoms with Gasteiger partial charge in [0.05, 0.1) is 34.9 Å². The normalized spacial score (nSPS) is 12.7. The molecule has 0 aliphatic carbocycles. The van der Waals surface area contributed by atoms with E-state index in [2.05, 4.69) is 89.0 Å². The van der Waals surface area contributed by atoms with Crippen LogP contribution in [-0.4, -0.2) is 75.6 Å². The maximum absolute atomic E-state index is 12.8. The van der Waals surface area contributed by atoms with Gasteiger partial charge in [-0.1, -0.05) is 177 Å². The monoisotopic (exact) mass is 1050 g/mol. The van der Waals surface area contributed by atoms with Crippen molar-refractivity contribution in [2.45, 2.75) is 210 Å². The summed E-state index contributed by atoms with van der Waals surface area (Å²) >= 11 is 0. The highest BCUT2D eigenvalue weighted by atomic mass is 16.2. The number of aromatic nitrogens is 6. The van der Waals surface area contributed by atoms with Crippen molar-refractivity contribution in [2.75, 3.05) is 64.1 Å². The molecule has 14 heteroatoms. The number of rotatable bonds is 23. The van der Waals surface area contributed by atoms with Crippen LogP contribution in [0.15, 0.2) is 67.5 Å². The number of aryl methyl sites for hydroxylation is 3. The fraction of sp³-hybridized carbons (Fsp3) is 0.587. The number of carbonyl (C=O) groups is 2. The van der Waals surface area contributed by atoms with Crippen molar-refractivity contribution < 1.29 is 9.59 Å². The largest absolute Gasteiger partial charge is 0.363 e. The van der Waals surface area contributed by atoms with Crippen LogP contribution in [0.5, 0.6) is 0 Å². The van der Waals surface area contributed by atoms with Crippen molar-refractivity contribution in [3.8, 4) is 0 Å². The molecule has 3 aliphatic heterocycles. The van der Waals surface area contributed by atoms with E-state index in [1.54, 1.807) is 42.6 Å². The zero-order chi connectivity index (χ0) is 55.8. The summed E-state index contributed by atoms with van der Waals surface area (Å²) in [6.07, 6.45) is 40.3. The minimum Gasteiger partial charge on any atom is -0.363 e. The molecule has 0 spiro atoms. The van der Waals surface area contributed by atoms with E-state index in [1.165, 1.54) is 128 Å². The van der Waals surface area contributed by atoms with Gasteiger partial charge < -0.3 is 30.2 Å². The number of amides is 2. The Labute approximate surface area is 465 Å². The Morgan fingerprint density at radius 1 is 0.455 bits per heavy atom. The van der Waals surface area contributed by atoms with E-state index in [4.69, 9.17) is 0 Å². The van der Waals surface area contributed by atoms with Crippen LogP contribution in [0.2, 0.25) is 0 Å². The molecular formula is C63H98N12O2. The van der Waals surface area contributed by atoms with Gasteiger partial charge in [0.25, 0.3) is 11.8 Å². The van der Waals surface area contributed by atoms with E-state index in [-0.39, 0.29) is 11.8 Å². The fourth-order valence-corrected chi connectivity index (χ4v) is 9.58. The Bertz CT molecular complexity index is 2340. The summed E-state index contributed by atoms with van der Waals surface area (Å²) < 4.78 is 0. The first kappa shape index (κ1) is 63.4. The third-order valence-corrected chi connectivity index (χ3v) is 14.3. The quantitative estimate of drug-likeness (QED) is 0.0600. The number of pyridine rings is 4. The first-order valence-electron chi connectivity index (χ1n) is 29.9. The summed E-state index contributed by atoms with van der Waals surface area (Å²) in [7, 11) is 3.56. The predicted octanol–water partition coefficient (Wildman–Crippen LogP) is 16.3. The van der Waals surface area contributed by atoms with Crippen molar-refractivity contribution in [1.29, 1.82) is 0 Å². The summed E-state index contributed by atoms with van der Waals surface area (Å²) in [6, 6.07) is 11.4. The van der Waals surface area contributed by atoms with Gasteiger partial charge in [-0.25, -0.2) is 29.9 Å². The highest BCUT2D eigenvalue weighted by Crippen LogP contribution is 2.39. The molecule has 8 rings (SSSR count). The van der Waals surface area contributed by atoms with Gasteiger partial charge >= 0.3 is 0 Å². The lowest BCUT2D eigenvalue weighted by Gasteiger charge is -2.22. The van der Waals surface area contributed by atoms with E-state index in [9.17, 15) is 9.59 Å². The number of hydrogen-bond donors (Lipinski definition) is 2. The number of hydrogen-bond acceptors (Lipinski definition) is 12. The van der Waals surface area contributed by atoms with Crippen molar-refractivity contribution in [1.82, 2.24) is 29.9 Å². The third-order valence-electron chi connectivity index (χ3n) is 14.3. The van der Waals surface area contributed by atoms with Gasteiger partial charge in [0, 0.05) is 52.0 Å². The summed E-state index contributed by atoms with van der Waals surface area (Å²) in [5.74, 6) is 3.75. The Balaban J connectivity index is 0.000000216. The second-order valence-electron chi connectivity index (χ2n) is 20.1. The minimum absolute atomic E-state index is 0.0435. The van der Waals surface area contributed by atoms with Crippen LogP contribution in [-0.2, 0) is 19.3 Å². The summed E-state index contributed by atoms with van der Waals surface area (Å²) in [4.78, 5) is 59.0. The van der Waals surface area contributed by atoms with Crippen LogP contribution in [0.1, 0.15) is 228 Å². The molecule has 2 N–H and O–H groups in total. The smallest absolute Gasteiger partial charge is 0.261 e.